The second kappa shape index (κ2) is 3.12. The lowest BCUT2D eigenvalue weighted by atomic mass is 9.44. The summed E-state index contributed by atoms with van der Waals surface area (Å²) in [5.74, 6) is 0. The van der Waals surface area contributed by atoms with Crippen molar-refractivity contribution in [2.24, 2.45) is 16.2 Å². The molecule has 0 saturated heterocycles. The van der Waals surface area contributed by atoms with Crippen LogP contribution in [0.15, 0.2) is 11.6 Å². The Hall–Kier alpha value is -0.260. The first-order chi connectivity index (χ1) is 6.81. The van der Waals surface area contributed by atoms with Crippen LogP contribution < -0.4 is 0 Å². The van der Waals surface area contributed by atoms with Crippen molar-refractivity contribution >= 4 is 0 Å². The summed E-state index contributed by atoms with van der Waals surface area (Å²) >= 11 is 0. The van der Waals surface area contributed by atoms with Crippen molar-refractivity contribution in [3.8, 4) is 0 Å². The fourth-order valence-electron chi connectivity index (χ4n) is 4.05. The molecule has 0 spiro atoms. The minimum absolute atomic E-state index is 0.417. The highest BCUT2D eigenvalue weighted by molar-refractivity contribution is 5.21. The molecular formula is C15H26. The highest BCUT2D eigenvalue weighted by Gasteiger charge is 2.55. The van der Waals surface area contributed by atoms with Gasteiger partial charge in [-0.25, -0.2) is 0 Å². The van der Waals surface area contributed by atoms with E-state index >= 15 is 0 Å². The fraction of sp³-hybridized carbons (Fsp3) is 0.867. The average molecular weight is 206 g/mol. The third-order valence-corrected chi connectivity index (χ3v) is 5.80. The number of hydrogen-bond acceptors (Lipinski definition) is 0. The molecule has 0 heterocycles. The summed E-state index contributed by atoms with van der Waals surface area (Å²) < 4.78 is 0. The van der Waals surface area contributed by atoms with Crippen LogP contribution in [0.3, 0.4) is 0 Å². The first kappa shape index (κ1) is 11.2. The number of hydrogen-bond donors (Lipinski definition) is 0. The Morgan fingerprint density at radius 2 is 1.67 bits per heavy atom. The number of allylic oxidation sites excluding steroid dienone is 2. The Labute approximate surface area is 95.1 Å². The predicted octanol–water partition coefficient (Wildman–Crippen LogP) is 4.95. The van der Waals surface area contributed by atoms with Crippen LogP contribution in [-0.4, -0.2) is 0 Å². The quantitative estimate of drug-likeness (QED) is 0.492. The largest absolute Gasteiger partial charge is 0.0786 e. The molecule has 2 aliphatic carbocycles. The van der Waals surface area contributed by atoms with Gasteiger partial charge in [-0.3, -0.25) is 0 Å². The summed E-state index contributed by atoms with van der Waals surface area (Å²) in [5.41, 5.74) is 3.06. The topological polar surface area (TPSA) is 0 Å². The van der Waals surface area contributed by atoms with Crippen molar-refractivity contribution in [2.45, 2.75) is 66.7 Å². The second-order valence-electron chi connectivity index (χ2n) is 6.99. The summed E-state index contributed by atoms with van der Waals surface area (Å²) in [6.45, 7) is 12.3. The van der Waals surface area contributed by atoms with Gasteiger partial charge in [0.1, 0.15) is 0 Å². The van der Waals surface area contributed by atoms with Crippen molar-refractivity contribution in [3.63, 3.8) is 0 Å². The highest BCUT2D eigenvalue weighted by atomic mass is 14.6. The molecule has 1 fully saturated rings. The first-order valence-corrected chi connectivity index (χ1v) is 6.49. The Morgan fingerprint density at radius 1 is 1.00 bits per heavy atom. The van der Waals surface area contributed by atoms with Crippen LogP contribution in [-0.2, 0) is 0 Å². The summed E-state index contributed by atoms with van der Waals surface area (Å²) in [4.78, 5) is 0. The maximum absolute atomic E-state index is 2.61. The minimum atomic E-state index is 0.417. The number of fused-ring (bicyclic) bond motifs is 1. The average Bonchev–Trinajstić information content (AvgIpc) is 2.10. The van der Waals surface area contributed by atoms with Gasteiger partial charge >= 0.3 is 0 Å². The van der Waals surface area contributed by atoms with Gasteiger partial charge < -0.3 is 0 Å². The van der Waals surface area contributed by atoms with E-state index in [1.54, 1.807) is 5.57 Å². The Balaban J connectivity index is 2.50. The maximum atomic E-state index is 2.61. The molecule has 15 heavy (non-hydrogen) atoms. The van der Waals surface area contributed by atoms with Gasteiger partial charge in [0, 0.05) is 0 Å². The van der Waals surface area contributed by atoms with Gasteiger partial charge in [0.2, 0.25) is 0 Å². The lowest BCUT2D eigenvalue weighted by Crippen LogP contribution is -2.51. The van der Waals surface area contributed by atoms with Crippen LogP contribution >= 0.6 is 0 Å². The fourth-order valence-corrected chi connectivity index (χ4v) is 4.05. The molecule has 0 bridgehead atoms. The van der Waals surface area contributed by atoms with E-state index < -0.39 is 0 Å². The molecule has 0 radical (unpaired) electrons. The smallest absolute Gasteiger partial charge is 0.00390 e. The van der Waals surface area contributed by atoms with Crippen molar-refractivity contribution in [1.82, 2.24) is 0 Å². The molecule has 1 saturated carbocycles. The lowest BCUT2D eigenvalue weighted by Gasteiger charge is -2.60. The summed E-state index contributed by atoms with van der Waals surface area (Å²) in [6.07, 6.45) is 9.57. The minimum Gasteiger partial charge on any atom is -0.0786 e. The van der Waals surface area contributed by atoms with E-state index in [9.17, 15) is 0 Å². The van der Waals surface area contributed by atoms with Gasteiger partial charge in [0.25, 0.3) is 0 Å². The second-order valence-corrected chi connectivity index (χ2v) is 6.99. The monoisotopic (exact) mass is 206 g/mol. The molecular weight excluding hydrogens is 180 g/mol. The van der Waals surface area contributed by atoms with Gasteiger partial charge in [-0.05, 0) is 48.9 Å². The van der Waals surface area contributed by atoms with Crippen LogP contribution in [0.25, 0.3) is 0 Å². The molecule has 0 aromatic heterocycles. The molecule has 0 aromatic carbocycles. The third-order valence-electron chi connectivity index (χ3n) is 5.80. The zero-order valence-corrected chi connectivity index (χ0v) is 11.1. The summed E-state index contributed by atoms with van der Waals surface area (Å²) in [5, 5.41) is 0. The SMILES string of the molecule is CC1=CC2(C)C(C)(C)CCCC2(C)CC1. The Bertz CT molecular complexity index is 297. The van der Waals surface area contributed by atoms with Gasteiger partial charge in [0.05, 0.1) is 0 Å². The molecule has 2 atom stereocenters. The highest BCUT2D eigenvalue weighted by Crippen LogP contribution is 2.64. The molecule has 0 amide bonds. The van der Waals surface area contributed by atoms with Crippen molar-refractivity contribution in [1.29, 1.82) is 0 Å². The Morgan fingerprint density at radius 3 is 2.33 bits per heavy atom. The van der Waals surface area contributed by atoms with Gasteiger partial charge in [-0.15, -0.1) is 0 Å². The molecule has 0 heteroatoms. The van der Waals surface area contributed by atoms with Crippen LogP contribution in [0, 0.1) is 16.2 Å². The van der Waals surface area contributed by atoms with Gasteiger partial charge in [-0.2, -0.15) is 0 Å². The molecule has 2 rings (SSSR count). The molecule has 86 valence electrons. The van der Waals surface area contributed by atoms with Crippen LogP contribution in [0.4, 0.5) is 0 Å². The maximum Gasteiger partial charge on any atom is -0.00390 e. The van der Waals surface area contributed by atoms with Crippen molar-refractivity contribution < 1.29 is 0 Å². The molecule has 2 unspecified atom stereocenters. The third kappa shape index (κ3) is 1.40. The molecule has 2 aliphatic rings. The first-order valence-electron chi connectivity index (χ1n) is 6.49. The van der Waals surface area contributed by atoms with E-state index in [1.165, 1.54) is 32.1 Å². The van der Waals surface area contributed by atoms with Gasteiger partial charge in [0.15, 0.2) is 0 Å². The van der Waals surface area contributed by atoms with Crippen LogP contribution in [0.2, 0.25) is 0 Å². The molecule has 0 N–H and O–H groups in total. The van der Waals surface area contributed by atoms with E-state index in [0.29, 0.717) is 16.2 Å². The van der Waals surface area contributed by atoms with Crippen LogP contribution in [0.1, 0.15) is 66.7 Å². The Kier molecular flexibility index (Phi) is 2.34. The van der Waals surface area contributed by atoms with Crippen molar-refractivity contribution in [2.75, 3.05) is 0 Å². The summed E-state index contributed by atoms with van der Waals surface area (Å²) in [6, 6.07) is 0. The normalized spacial score (nSPS) is 44.5. The zero-order chi connectivity index (χ0) is 11.3. The van der Waals surface area contributed by atoms with Crippen LogP contribution in [0.5, 0.6) is 0 Å². The zero-order valence-electron chi connectivity index (χ0n) is 11.1. The van der Waals surface area contributed by atoms with E-state index in [4.69, 9.17) is 0 Å². The lowest BCUT2D eigenvalue weighted by molar-refractivity contribution is -0.0634. The standard InChI is InChI=1S/C15H26/c1-12-7-10-14(4)9-6-8-13(2,3)15(14,5)11-12/h11H,6-10H2,1-5H3. The van der Waals surface area contributed by atoms with Crippen molar-refractivity contribution in [3.05, 3.63) is 11.6 Å². The predicted molar refractivity (Wildman–Crippen MR) is 66.8 cm³/mol. The molecule has 0 aromatic rings. The molecule has 0 aliphatic heterocycles. The number of rotatable bonds is 0. The van der Waals surface area contributed by atoms with E-state index in [1.807, 2.05) is 0 Å². The van der Waals surface area contributed by atoms with E-state index in [-0.39, 0.29) is 0 Å². The summed E-state index contributed by atoms with van der Waals surface area (Å²) in [7, 11) is 0. The molecule has 0 nitrogen and oxygen atoms in total. The van der Waals surface area contributed by atoms with E-state index in [2.05, 4.69) is 40.7 Å². The van der Waals surface area contributed by atoms with E-state index in [0.717, 1.165) is 0 Å². The van der Waals surface area contributed by atoms with Gasteiger partial charge in [-0.1, -0.05) is 45.8 Å².